The van der Waals surface area contributed by atoms with Gasteiger partial charge in [0.25, 0.3) is 0 Å². The highest BCUT2D eigenvalue weighted by molar-refractivity contribution is 7.91. The number of sulfonamides is 1. The number of thiophene rings is 1. The van der Waals surface area contributed by atoms with Crippen molar-refractivity contribution >= 4 is 33.0 Å². The minimum Gasteiger partial charge on any atom is -0.312 e. The van der Waals surface area contributed by atoms with Crippen molar-refractivity contribution in [2.45, 2.75) is 30.9 Å². The van der Waals surface area contributed by atoms with Gasteiger partial charge >= 0.3 is 0 Å². The lowest BCUT2D eigenvalue weighted by atomic mass is 10.1. The summed E-state index contributed by atoms with van der Waals surface area (Å²) >= 11 is 1.29. The van der Waals surface area contributed by atoms with Crippen LogP contribution in [0, 0.1) is 12.8 Å². The van der Waals surface area contributed by atoms with Gasteiger partial charge < -0.3 is 4.90 Å². The molecule has 1 aliphatic rings. The highest BCUT2D eigenvalue weighted by atomic mass is 32.2. The first-order valence-corrected chi connectivity index (χ1v) is 10.6. The first kappa shape index (κ1) is 18.1. The van der Waals surface area contributed by atoms with E-state index in [1.807, 2.05) is 44.2 Å². The number of hydrogen-bond donors (Lipinski definition) is 1. The third kappa shape index (κ3) is 4.11. The Morgan fingerprint density at radius 2 is 1.92 bits per heavy atom. The highest BCUT2D eigenvalue weighted by Crippen LogP contribution is 2.26. The molecule has 1 aromatic heterocycles. The minimum absolute atomic E-state index is 0.0193. The molecule has 2 aromatic rings. The molecule has 134 valence electrons. The number of nitrogens with one attached hydrogen (secondary N) is 1. The number of carbonyl (C=O) groups excluding carboxylic acids is 1. The lowest BCUT2D eigenvalue weighted by Gasteiger charge is -2.17. The third-order valence-electron chi connectivity index (χ3n) is 4.36. The maximum absolute atomic E-state index is 12.4. The molecule has 1 amide bonds. The number of amides is 1. The van der Waals surface area contributed by atoms with E-state index >= 15 is 0 Å². The molecule has 5 nitrogen and oxygen atoms in total. The molecule has 0 saturated carbocycles. The molecule has 25 heavy (non-hydrogen) atoms. The molecule has 3 rings (SSSR count). The van der Waals surface area contributed by atoms with Crippen LogP contribution in [0.15, 0.2) is 40.6 Å². The van der Waals surface area contributed by atoms with Gasteiger partial charge in [0.05, 0.1) is 0 Å². The summed E-state index contributed by atoms with van der Waals surface area (Å²) in [6.45, 7) is 4.81. The van der Waals surface area contributed by atoms with Crippen molar-refractivity contribution in [2.24, 2.45) is 5.92 Å². The van der Waals surface area contributed by atoms with E-state index in [0.717, 1.165) is 22.5 Å². The van der Waals surface area contributed by atoms with E-state index in [2.05, 4.69) is 4.72 Å². The summed E-state index contributed by atoms with van der Waals surface area (Å²) in [7, 11) is -3.50. The Morgan fingerprint density at radius 1 is 1.20 bits per heavy atom. The van der Waals surface area contributed by atoms with E-state index in [1.165, 1.54) is 11.3 Å². The average Bonchev–Trinajstić information content (AvgIpc) is 3.21. The Kier molecular flexibility index (Phi) is 5.27. The van der Waals surface area contributed by atoms with Crippen molar-refractivity contribution in [2.75, 3.05) is 18.0 Å². The topological polar surface area (TPSA) is 66.5 Å². The van der Waals surface area contributed by atoms with Gasteiger partial charge in [-0.2, -0.15) is 0 Å². The second-order valence-electron chi connectivity index (χ2n) is 6.34. The molecule has 1 saturated heterocycles. The van der Waals surface area contributed by atoms with Crippen LogP contribution in [0.3, 0.4) is 0 Å². The highest BCUT2D eigenvalue weighted by Gasteiger charge is 2.31. The van der Waals surface area contributed by atoms with Gasteiger partial charge in [-0.05, 0) is 43.5 Å². The molecule has 1 N–H and O–H groups in total. The molecule has 0 spiro atoms. The zero-order valence-electron chi connectivity index (χ0n) is 14.4. The number of aryl methyl sites for hydroxylation is 2. The Hall–Kier alpha value is -1.70. The van der Waals surface area contributed by atoms with E-state index in [-0.39, 0.29) is 18.4 Å². The van der Waals surface area contributed by atoms with Gasteiger partial charge in [0.15, 0.2) is 0 Å². The van der Waals surface area contributed by atoms with Crippen LogP contribution in [-0.4, -0.2) is 27.4 Å². The Bertz CT molecular complexity index is 857. The van der Waals surface area contributed by atoms with Crippen molar-refractivity contribution in [1.29, 1.82) is 0 Å². The SMILES string of the molecule is CCc1ccc(S(=O)(=O)NCC2CC(=O)N(c3ccc(C)cc3)C2)s1. The molecular weight excluding hydrogens is 356 g/mol. The number of carbonyl (C=O) groups is 1. The maximum Gasteiger partial charge on any atom is 0.250 e. The van der Waals surface area contributed by atoms with Crippen molar-refractivity contribution in [1.82, 2.24) is 4.72 Å². The van der Waals surface area contributed by atoms with Gasteiger partial charge in [-0.3, -0.25) is 4.79 Å². The van der Waals surface area contributed by atoms with Crippen molar-refractivity contribution < 1.29 is 13.2 Å². The van der Waals surface area contributed by atoms with Crippen LogP contribution in [0.1, 0.15) is 23.8 Å². The molecule has 2 heterocycles. The minimum atomic E-state index is -3.50. The molecule has 0 radical (unpaired) electrons. The monoisotopic (exact) mass is 378 g/mol. The standard InChI is InChI=1S/C18H22N2O3S2/c1-3-16-8-9-18(24-16)25(22,23)19-11-14-10-17(21)20(12-14)15-6-4-13(2)5-7-15/h4-9,14,19H,3,10-12H2,1-2H3. The number of anilines is 1. The van der Waals surface area contributed by atoms with Gasteiger partial charge in [-0.25, -0.2) is 13.1 Å². The van der Waals surface area contributed by atoms with E-state index in [4.69, 9.17) is 0 Å². The Labute approximate surface area is 152 Å². The molecule has 1 fully saturated rings. The van der Waals surface area contributed by atoms with Gasteiger partial charge in [0, 0.05) is 30.1 Å². The van der Waals surface area contributed by atoms with E-state index in [1.54, 1.807) is 11.0 Å². The predicted molar refractivity (Wildman–Crippen MR) is 101 cm³/mol. The summed E-state index contributed by atoms with van der Waals surface area (Å²) in [6.07, 6.45) is 1.18. The summed E-state index contributed by atoms with van der Waals surface area (Å²) in [4.78, 5) is 15.0. The van der Waals surface area contributed by atoms with Crippen LogP contribution >= 0.6 is 11.3 Å². The fourth-order valence-corrected chi connectivity index (χ4v) is 5.34. The second-order valence-corrected chi connectivity index (χ2v) is 9.50. The summed E-state index contributed by atoms with van der Waals surface area (Å²) in [5.74, 6) is 0.0200. The first-order chi connectivity index (χ1) is 11.9. The molecule has 7 heteroatoms. The normalized spacial score (nSPS) is 18.1. The number of rotatable bonds is 6. The first-order valence-electron chi connectivity index (χ1n) is 8.34. The molecule has 0 bridgehead atoms. The fraction of sp³-hybridized carbons (Fsp3) is 0.389. The van der Waals surface area contributed by atoms with Crippen LogP contribution in [0.4, 0.5) is 5.69 Å². The van der Waals surface area contributed by atoms with Gasteiger partial charge in [0.1, 0.15) is 4.21 Å². The second kappa shape index (κ2) is 7.27. The molecule has 1 unspecified atom stereocenters. The number of nitrogens with zero attached hydrogens (tertiary/aromatic N) is 1. The van der Waals surface area contributed by atoms with Gasteiger partial charge in [-0.15, -0.1) is 11.3 Å². The maximum atomic E-state index is 12.4. The molecule has 1 aliphatic heterocycles. The number of hydrogen-bond acceptors (Lipinski definition) is 4. The summed E-state index contributed by atoms with van der Waals surface area (Å²) < 4.78 is 27.8. The summed E-state index contributed by atoms with van der Waals surface area (Å²) in [5, 5.41) is 0. The fourth-order valence-electron chi connectivity index (χ4n) is 2.88. The largest absolute Gasteiger partial charge is 0.312 e. The Balaban J connectivity index is 1.62. The van der Waals surface area contributed by atoms with Gasteiger partial charge in [-0.1, -0.05) is 24.6 Å². The van der Waals surface area contributed by atoms with Crippen molar-refractivity contribution in [3.8, 4) is 0 Å². The van der Waals surface area contributed by atoms with Crippen LogP contribution in [-0.2, 0) is 21.2 Å². The number of benzene rings is 1. The third-order valence-corrected chi connectivity index (χ3v) is 7.51. The van der Waals surface area contributed by atoms with Crippen LogP contribution < -0.4 is 9.62 Å². The Morgan fingerprint density at radius 3 is 2.56 bits per heavy atom. The zero-order valence-corrected chi connectivity index (χ0v) is 16.0. The predicted octanol–water partition coefficient (Wildman–Crippen LogP) is 2.95. The summed E-state index contributed by atoms with van der Waals surface area (Å²) in [5.41, 5.74) is 2.01. The average molecular weight is 379 g/mol. The van der Waals surface area contributed by atoms with Crippen LogP contribution in [0.5, 0.6) is 0 Å². The van der Waals surface area contributed by atoms with E-state index in [0.29, 0.717) is 17.2 Å². The molecular formula is C18H22N2O3S2. The zero-order chi connectivity index (χ0) is 18.0. The summed E-state index contributed by atoms with van der Waals surface area (Å²) in [6, 6.07) is 11.3. The lowest BCUT2D eigenvalue weighted by Crippen LogP contribution is -2.31. The molecule has 1 atom stereocenters. The lowest BCUT2D eigenvalue weighted by molar-refractivity contribution is -0.117. The van der Waals surface area contributed by atoms with Crippen molar-refractivity contribution in [3.63, 3.8) is 0 Å². The molecule has 0 aliphatic carbocycles. The van der Waals surface area contributed by atoms with Gasteiger partial charge in [0.2, 0.25) is 15.9 Å². The molecule has 1 aromatic carbocycles. The van der Waals surface area contributed by atoms with E-state index in [9.17, 15) is 13.2 Å². The smallest absolute Gasteiger partial charge is 0.250 e. The van der Waals surface area contributed by atoms with Crippen molar-refractivity contribution in [3.05, 3.63) is 46.8 Å². The van der Waals surface area contributed by atoms with Crippen LogP contribution in [0.2, 0.25) is 0 Å². The van der Waals surface area contributed by atoms with Crippen LogP contribution in [0.25, 0.3) is 0 Å². The quantitative estimate of drug-likeness (QED) is 0.840. The van der Waals surface area contributed by atoms with E-state index < -0.39 is 10.0 Å².